The Balaban J connectivity index is 2.19. The van der Waals surface area contributed by atoms with Crippen LogP contribution < -0.4 is 0 Å². The van der Waals surface area contributed by atoms with Gasteiger partial charge in [-0.15, -0.1) is 0 Å². The maximum Gasteiger partial charge on any atom is 0.463 e. The molecular formula is C18H32BNO6. The standard InChI is InChI=1S/C18H32BNO6/c1-9-23-14(21)12-10-20(15(22)24-16(2,3)4)11-13(12)19-25-17(5,6)18(7,8)26-19/h12-13H,9-11H2,1-8H3/t12-,13-/m0/s1. The monoisotopic (exact) mass is 369 g/mol. The van der Waals surface area contributed by atoms with Crippen LogP contribution in [0.1, 0.15) is 55.4 Å². The van der Waals surface area contributed by atoms with Crippen molar-refractivity contribution in [2.75, 3.05) is 19.7 Å². The fourth-order valence-corrected chi connectivity index (χ4v) is 3.14. The maximum atomic E-state index is 12.5. The summed E-state index contributed by atoms with van der Waals surface area (Å²) in [5.74, 6) is -1.14. The minimum Gasteiger partial charge on any atom is -0.466 e. The molecule has 8 heteroatoms. The fourth-order valence-electron chi connectivity index (χ4n) is 3.14. The van der Waals surface area contributed by atoms with Gasteiger partial charge in [0, 0.05) is 18.9 Å². The molecule has 0 radical (unpaired) electrons. The number of rotatable bonds is 3. The first kappa shape index (κ1) is 21.0. The van der Waals surface area contributed by atoms with E-state index in [2.05, 4.69) is 0 Å². The van der Waals surface area contributed by atoms with Gasteiger partial charge in [-0.1, -0.05) is 0 Å². The smallest absolute Gasteiger partial charge is 0.463 e. The highest BCUT2D eigenvalue weighted by Crippen LogP contribution is 2.44. The van der Waals surface area contributed by atoms with Gasteiger partial charge < -0.3 is 23.7 Å². The van der Waals surface area contributed by atoms with Gasteiger partial charge in [0.2, 0.25) is 0 Å². The molecule has 26 heavy (non-hydrogen) atoms. The number of hydrogen-bond acceptors (Lipinski definition) is 6. The molecule has 0 bridgehead atoms. The van der Waals surface area contributed by atoms with Crippen LogP contribution in [0, 0.1) is 5.92 Å². The van der Waals surface area contributed by atoms with Crippen LogP contribution in [-0.2, 0) is 23.6 Å². The second-order valence-corrected chi connectivity index (χ2v) is 9.03. The van der Waals surface area contributed by atoms with Gasteiger partial charge in [-0.05, 0) is 55.4 Å². The first-order valence-corrected chi connectivity index (χ1v) is 9.27. The average molecular weight is 369 g/mol. The number of nitrogens with zero attached hydrogens (tertiary/aromatic N) is 1. The third-order valence-electron chi connectivity index (χ3n) is 5.23. The van der Waals surface area contributed by atoms with E-state index in [1.807, 2.05) is 48.5 Å². The van der Waals surface area contributed by atoms with E-state index in [0.29, 0.717) is 6.54 Å². The van der Waals surface area contributed by atoms with Crippen molar-refractivity contribution in [2.24, 2.45) is 5.92 Å². The number of hydrogen-bond donors (Lipinski definition) is 0. The van der Waals surface area contributed by atoms with E-state index in [-0.39, 0.29) is 24.9 Å². The van der Waals surface area contributed by atoms with Crippen LogP contribution in [0.25, 0.3) is 0 Å². The number of esters is 1. The molecule has 0 aromatic carbocycles. The lowest BCUT2D eigenvalue weighted by Gasteiger charge is -2.32. The second-order valence-electron chi connectivity index (χ2n) is 9.03. The Morgan fingerprint density at radius 3 is 2.12 bits per heavy atom. The largest absolute Gasteiger partial charge is 0.466 e. The summed E-state index contributed by atoms with van der Waals surface area (Å²) in [5, 5.41) is 0. The highest BCUT2D eigenvalue weighted by Gasteiger charge is 2.58. The van der Waals surface area contributed by atoms with E-state index in [4.69, 9.17) is 18.8 Å². The van der Waals surface area contributed by atoms with Crippen LogP contribution in [-0.4, -0.2) is 60.6 Å². The molecule has 0 unspecified atom stereocenters. The predicted molar refractivity (Wildman–Crippen MR) is 97.8 cm³/mol. The van der Waals surface area contributed by atoms with Crippen molar-refractivity contribution in [1.82, 2.24) is 4.90 Å². The van der Waals surface area contributed by atoms with Gasteiger partial charge in [0.05, 0.1) is 23.7 Å². The van der Waals surface area contributed by atoms with Gasteiger partial charge in [0.1, 0.15) is 5.60 Å². The molecule has 2 aliphatic rings. The Labute approximate surface area is 156 Å². The van der Waals surface area contributed by atoms with Crippen LogP contribution in [0.5, 0.6) is 0 Å². The Morgan fingerprint density at radius 2 is 1.65 bits per heavy atom. The Hall–Kier alpha value is -1.28. The number of likely N-dealkylation sites (tertiary alicyclic amines) is 1. The molecule has 0 aromatic rings. The van der Waals surface area contributed by atoms with Crippen molar-refractivity contribution in [3.05, 3.63) is 0 Å². The molecule has 2 aliphatic heterocycles. The summed E-state index contributed by atoms with van der Waals surface area (Å²) in [5.41, 5.74) is -1.61. The van der Waals surface area contributed by atoms with Crippen molar-refractivity contribution in [3.8, 4) is 0 Å². The van der Waals surface area contributed by atoms with Gasteiger partial charge in [0.25, 0.3) is 0 Å². The lowest BCUT2D eigenvalue weighted by atomic mass is 9.66. The molecule has 0 saturated carbocycles. The van der Waals surface area contributed by atoms with Crippen molar-refractivity contribution in [1.29, 1.82) is 0 Å². The molecule has 2 heterocycles. The molecule has 2 rings (SSSR count). The van der Waals surface area contributed by atoms with E-state index in [1.54, 1.807) is 11.8 Å². The molecule has 148 valence electrons. The molecule has 2 fully saturated rings. The fraction of sp³-hybridized carbons (Fsp3) is 0.889. The molecule has 2 saturated heterocycles. The zero-order chi connectivity index (χ0) is 19.9. The van der Waals surface area contributed by atoms with E-state index in [9.17, 15) is 9.59 Å². The van der Waals surface area contributed by atoms with Gasteiger partial charge >= 0.3 is 19.2 Å². The Kier molecular flexibility index (Phi) is 5.69. The molecule has 0 aromatic heterocycles. The highest BCUT2D eigenvalue weighted by molar-refractivity contribution is 6.48. The molecule has 1 amide bonds. The number of amides is 1. The van der Waals surface area contributed by atoms with Crippen molar-refractivity contribution >= 4 is 19.2 Å². The lowest BCUT2D eigenvalue weighted by Crippen LogP contribution is -2.41. The van der Waals surface area contributed by atoms with Gasteiger partial charge in [-0.3, -0.25) is 4.79 Å². The Bertz CT molecular complexity index is 540. The third kappa shape index (κ3) is 4.34. The summed E-state index contributed by atoms with van der Waals surface area (Å²) in [6, 6.07) is 0. The predicted octanol–water partition coefficient (Wildman–Crippen LogP) is 2.88. The maximum absolute atomic E-state index is 12.5. The van der Waals surface area contributed by atoms with Crippen LogP contribution in [0.15, 0.2) is 0 Å². The summed E-state index contributed by atoms with van der Waals surface area (Å²) in [6.07, 6.45) is -0.439. The van der Waals surface area contributed by atoms with E-state index >= 15 is 0 Å². The van der Waals surface area contributed by atoms with Gasteiger partial charge in [0.15, 0.2) is 0 Å². The molecular weight excluding hydrogens is 337 g/mol. The van der Waals surface area contributed by atoms with E-state index in [1.165, 1.54) is 0 Å². The summed E-state index contributed by atoms with van der Waals surface area (Å²) in [4.78, 5) is 26.5. The first-order chi connectivity index (χ1) is 11.8. The molecule has 7 nitrogen and oxygen atoms in total. The zero-order valence-corrected chi connectivity index (χ0v) is 17.3. The van der Waals surface area contributed by atoms with Crippen LogP contribution in [0.3, 0.4) is 0 Å². The summed E-state index contributed by atoms with van der Waals surface area (Å²) in [7, 11) is -0.582. The van der Waals surface area contributed by atoms with Crippen LogP contribution >= 0.6 is 0 Å². The topological polar surface area (TPSA) is 74.3 Å². The first-order valence-electron chi connectivity index (χ1n) is 9.27. The number of carbonyl (C=O) groups excluding carboxylic acids is 2. The summed E-state index contributed by atoms with van der Waals surface area (Å²) in [6.45, 7) is 15.9. The zero-order valence-electron chi connectivity index (χ0n) is 17.3. The number of carbonyl (C=O) groups is 2. The second kappa shape index (κ2) is 7.04. The van der Waals surface area contributed by atoms with Crippen molar-refractivity contribution < 1.29 is 28.4 Å². The van der Waals surface area contributed by atoms with Crippen LogP contribution in [0.2, 0.25) is 5.82 Å². The quantitative estimate of drug-likeness (QED) is 0.563. The number of ether oxygens (including phenoxy) is 2. The summed E-state index contributed by atoms with van der Waals surface area (Å²) < 4.78 is 22.9. The van der Waals surface area contributed by atoms with Crippen LogP contribution in [0.4, 0.5) is 4.79 Å². The van der Waals surface area contributed by atoms with Gasteiger partial charge in [-0.25, -0.2) is 4.79 Å². The van der Waals surface area contributed by atoms with Crippen molar-refractivity contribution in [2.45, 2.75) is 78.0 Å². The van der Waals surface area contributed by atoms with Crippen molar-refractivity contribution in [3.63, 3.8) is 0 Å². The van der Waals surface area contributed by atoms with Gasteiger partial charge in [-0.2, -0.15) is 0 Å². The molecule has 0 aliphatic carbocycles. The lowest BCUT2D eigenvalue weighted by molar-refractivity contribution is -0.147. The van der Waals surface area contributed by atoms with E-state index in [0.717, 1.165) is 0 Å². The SMILES string of the molecule is CCOC(=O)[C@H]1CN(C(=O)OC(C)(C)C)C[C@@H]1B1OC(C)(C)C(C)(C)O1. The normalized spacial score (nSPS) is 27.5. The molecule has 0 N–H and O–H groups in total. The third-order valence-corrected chi connectivity index (χ3v) is 5.23. The van der Waals surface area contributed by atoms with E-state index < -0.39 is 35.9 Å². The average Bonchev–Trinajstić information content (AvgIpc) is 2.97. The minimum absolute atomic E-state index is 0.239. The Morgan fingerprint density at radius 1 is 1.12 bits per heavy atom. The highest BCUT2D eigenvalue weighted by atomic mass is 16.7. The molecule has 2 atom stereocenters. The molecule has 0 spiro atoms. The minimum atomic E-state index is -0.598. The summed E-state index contributed by atoms with van der Waals surface area (Å²) >= 11 is 0.